The molecule has 0 aliphatic carbocycles. The van der Waals surface area contributed by atoms with E-state index in [4.69, 9.17) is 0 Å². The first-order valence-electron chi connectivity index (χ1n) is 9.28. The molecule has 1 aromatic heterocycles. The lowest BCUT2D eigenvalue weighted by atomic mass is 10.0. The molecule has 9 nitrogen and oxygen atoms in total. The topological polar surface area (TPSA) is 141 Å². The number of para-hydroxylation sites is 1. The lowest BCUT2D eigenvalue weighted by Gasteiger charge is -2.23. The second-order valence-electron chi connectivity index (χ2n) is 6.92. The smallest absolute Gasteiger partial charge is 0.329 e. The number of rotatable bonds is 7. The minimum Gasteiger partial charge on any atom is -0.480 e. The van der Waals surface area contributed by atoms with Gasteiger partial charge in [-0.25, -0.2) is 14.2 Å². The van der Waals surface area contributed by atoms with Gasteiger partial charge in [0.2, 0.25) is 5.91 Å². The van der Waals surface area contributed by atoms with Crippen molar-refractivity contribution in [1.82, 2.24) is 14.9 Å². The molecule has 0 bridgehead atoms. The Bertz CT molecular complexity index is 1180. The molecule has 0 aliphatic rings. The number of hydrogen-bond donors (Lipinski definition) is 4. The molecule has 2 aromatic carbocycles. The van der Waals surface area contributed by atoms with Crippen LogP contribution in [0.2, 0.25) is 0 Å². The maximum absolute atomic E-state index is 13.0. The van der Waals surface area contributed by atoms with Crippen LogP contribution in [0.3, 0.4) is 0 Å². The van der Waals surface area contributed by atoms with Crippen LogP contribution < -0.4 is 16.6 Å². The fourth-order valence-electron chi connectivity index (χ4n) is 3.24. The highest BCUT2D eigenvalue weighted by Crippen LogP contribution is 2.14. The number of carbonyl (C=O) groups is 2. The third-order valence-corrected chi connectivity index (χ3v) is 4.77. The van der Waals surface area contributed by atoms with Crippen molar-refractivity contribution in [3.8, 4) is 0 Å². The highest BCUT2D eigenvalue weighted by molar-refractivity contribution is 5.87. The van der Waals surface area contributed by atoms with Crippen LogP contribution in [0, 0.1) is 0 Å². The largest absolute Gasteiger partial charge is 0.480 e. The predicted octanol–water partition coefficient (Wildman–Crippen LogP) is 0.424. The number of nitrogens with zero attached hydrogens (tertiary/aromatic N) is 1. The van der Waals surface area contributed by atoms with E-state index in [2.05, 4.69) is 10.3 Å². The van der Waals surface area contributed by atoms with E-state index in [0.29, 0.717) is 11.1 Å². The normalized spacial score (nSPS) is 14.1. The SMILES string of the molecule is CC(O)[C@H](NC(=O)[C@H](Cc1ccccc1)n1c(=O)[nH]c2ccccc2c1=O)C(=O)O. The lowest BCUT2D eigenvalue weighted by molar-refractivity contribution is -0.145. The predicted molar refractivity (Wildman–Crippen MR) is 109 cm³/mol. The Morgan fingerprint density at radius 1 is 1.07 bits per heavy atom. The van der Waals surface area contributed by atoms with Crippen LogP contribution in [-0.2, 0) is 16.0 Å². The van der Waals surface area contributed by atoms with Gasteiger partial charge in [0.05, 0.1) is 17.0 Å². The minimum absolute atomic E-state index is 0.0276. The summed E-state index contributed by atoms with van der Waals surface area (Å²) in [6, 6.07) is 12.2. The van der Waals surface area contributed by atoms with Gasteiger partial charge in [0.25, 0.3) is 5.56 Å². The molecule has 0 saturated carbocycles. The number of aliphatic carboxylic acids is 1. The number of aliphatic hydroxyl groups is 1. The standard InChI is InChI=1S/C21H21N3O6/c1-12(25)17(20(28)29)23-18(26)16(11-13-7-3-2-4-8-13)24-19(27)14-9-5-6-10-15(14)22-21(24)30/h2-10,12,16-17,25H,11H2,1H3,(H,22,30)(H,23,26)(H,28,29)/t12?,16-,17-/m0/s1. The van der Waals surface area contributed by atoms with Crippen molar-refractivity contribution in [1.29, 1.82) is 0 Å². The molecule has 0 spiro atoms. The Labute approximate surface area is 170 Å². The molecule has 4 N–H and O–H groups in total. The van der Waals surface area contributed by atoms with Gasteiger partial charge in [0, 0.05) is 6.42 Å². The zero-order valence-electron chi connectivity index (χ0n) is 16.1. The molecule has 0 saturated heterocycles. The summed E-state index contributed by atoms with van der Waals surface area (Å²) in [5.74, 6) is -2.30. The number of carboxylic acids is 1. The van der Waals surface area contributed by atoms with Gasteiger partial charge < -0.3 is 20.5 Å². The van der Waals surface area contributed by atoms with Gasteiger partial charge >= 0.3 is 11.7 Å². The molecule has 0 aliphatic heterocycles. The van der Waals surface area contributed by atoms with Crippen molar-refractivity contribution >= 4 is 22.8 Å². The van der Waals surface area contributed by atoms with E-state index in [1.54, 1.807) is 48.5 Å². The van der Waals surface area contributed by atoms with Crippen LogP contribution in [0.25, 0.3) is 10.9 Å². The first kappa shape index (κ1) is 21.0. The second kappa shape index (κ2) is 8.75. The van der Waals surface area contributed by atoms with Gasteiger partial charge in [-0.05, 0) is 24.6 Å². The Morgan fingerprint density at radius 2 is 1.70 bits per heavy atom. The number of hydrogen-bond acceptors (Lipinski definition) is 5. The first-order valence-corrected chi connectivity index (χ1v) is 9.28. The van der Waals surface area contributed by atoms with E-state index < -0.39 is 41.3 Å². The molecule has 1 heterocycles. The summed E-state index contributed by atoms with van der Waals surface area (Å²) in [7, 11) is 0. The average molecular weight is 411 g/mol. The number of H-pyrrole nitrogens is 1. The van der Waals surface area contributed by atoms with E-state index >= 15 is 0 Å². The van der Waals surface area contributed by atoms with Crippen molar-refractivity contribution in [2.45, 2.75) is 31.5 Å². The summed E-state index contributed by atoms with van der Waals surface area (Å²) in [6.45, 7) is 1.22. The van der Waals surface area contributed by atoms with Crippen molar-refractivity contribution in [2.24, 2.45) is 0 Å². The third-order valence-electron chi connectivity index (χ3n) is 4.77. The number of aromatic amines is 1. The van der Waals surface area contributed by atoms with Gasteiger partial charge in [-0.2, -0.15) is 0 Å². The molecule has 1 amide bonds. The van der Waals surface area contributed by atoms with Crippen LogP contribution >= 0.6 is 0 Å². The maximum atomic E-state index is 13.0. The van der Waals surface area contributed by atoms with Crippen LogP contribution in [0.15, 0.2) is 64.2 Å². The Morgan fingerprint density at radius 3 is 2.33 bits per heavy atom. The Kier molecular flexibility index (Phi) is 6.12. The molecular formula is C21H21N3O6. The van der Waals surface area contributed by atoms with Crippen molar-refractivity contribution in [3.05, 3.63) is 81.0 Å². The van der Waals surface area contributed by atoms with E-state index in [9.17, 15) is 29.4 Å². The fourth-order valence-corrected chi connectivity index (χ4v) is 3.24. The molecule has 9 heteroatoms. The van der Waals surface area contributed by atoms with Crippen molar-refractivity contribution in [3.63, 3.8) is 0 Å². The lowest BCUT2D eigenvalue weighted by Crippen LogP contribution is -2.52. The summed E-state index contributed by atoms with van der Waals surface area (Å²) < 4.78 is 0.783. The highest BCUT2D eigenvalue weighted by atomic mass is 16.4. The molecule has 3 atom stereocenters. The summed E-state index contributed by atoms with van der Waals surface area (Å²) in [4.78, 5) is 52.7. The summed E-state index contributed by atoms with van der Waals surface area (Å²) in [5.41, 5.74) is -0.468. The van der Waals surface area contributed by atoms with Gasteiger partial charge in [0.15, 0.2) is 6.04 Å². The number of aliphatic hydroxyl groups excluding tert-OH is 1. The average Bonchev–Trinajstić information content (AvgIpc) is 2.71. The van der Waals surface area contributed by atoms with E-state index in [1.165, 1.54) is 13.0 Å². The molecule has 3 aromatic rings. The van der Waals surface area contributed by atoms with Gasteiger partial charge in [-0.15, -0.1) is 0 Å². The monoisotopic (exact) mass is 411 g/mol. The minimum atomic E-state index is -1.59. The van der Waals surface area contributed by atoms with Crippen molar-refractivity contribution < 1.29 is 19.8 Å². The molecule has 3 rings (SSSR count). The highest BCUT2D eigenvalue weighted by Gasteiger charge is 2.31. The molecule has 0 fully saturated rings. The van der Waals surface area contributed by atoms with Crippen LogP contribution in [0.1, 0.15) is 18.5 Å². The van der Waals surface area contributed by atoms with Gasteiger partial charge in [0.1, 0.15) is 6.04 Å². The maximum Gasteiger partial charge on any atom is 0.329 e. The van der Waals surface area contributed by atoms with E-state index in [1.807, 2.05) is 0 Å². The number of aromatic nitrogens is 2. The Balaban J connectivity index is 2.12. The zero-order valence-corrected chi connectivity index (χ0v) is 16.1. The molecule has 1 unspecified atom stereocenters. The number of nitrogens with one attached hydrogen (secondary N) is 2. The molecule has 30 heavy (non-hydrogen) atoms. The quantitative estimate of drug-likeness (QED) is 0.444. The van der Waals surface area contributed by atoms with Gasteiger partial charge in [-0.3, -0.25) is 9.59 Å². The summed E-state index contributed by atoms with van der Waals surface area (Å²) >= 11 is 0. The zero-order chi connectivity index (χ0) is 21.8. The van der Waals surface area contributed by atoms with E-state index in [-0.39, 0.29) is 11.8 Å². The molecule has 156 valence electrons. The van der Waals surface area contributed by atoms with E-state index in [0.717, 1.165) is 4.57 Å². The molecule has 0 radical (unpaired) electrons. The van der Waals surface area contributed by atoms with Crippen LogP contribution in [0.4, 0.5) is 0 Å². The Hall–Kier alpha value is -3.72. The number of amides is 1. The number of carboxylic acid groups (broad SMARTS) is 1. The molecular weight excluding hydrogens is 390 g/mol. The number of fused-ring (bicyclic) bond motifs is 1. The van der Waals surface area contributed by atoms with Crippen LogP contribution in [0.5, 0.6) is 0 Å². The number of carbonyl (C=O) groups excluding carboxylic acids is 1. The second-order valence-corrected chi connectivity index (χ2v) is 6.92. The first-order chi connectivity index (χ1) is 14.3. The fraction of sp³-hybridized carbons (Fsp3) is 0.238. The van der Waals surface area contributed by atoms with Crippen molar-refractivity contribution in [2.75, 3.05) is 0 Å². The number of benzene rings is 2. The summed E-state index contributed by atoms with van der Waals surface area (Å²) in [5, 5.41) is 21.4. The van der Waals surface area contributed by atoms with Crippen LogP contribution in [-0.4, -0.2) is 43.8 Å². The third kappa shape index (κ3) is 4.31. The van der Waals surface area contributed by atoms with Gasteiger partial charge in [-0.1, -0.05) is 42.5 Å². The summed E-state index contributed by atoms with van der Waals surface area (Å²) in [6.07, 6.45) is -1.41.